The van der Waals surface area contributed by atoms with Gasteiger partial charge in [-0.15, -0.1) is 0 Å². The van der Waals surface area contributed by atoms with Crippen molar-refractivity contribution in [2.24, 2.45) is 0 Å². The standard InChI is InChI=1S/C13H14O3/c1-16-12(15)8-2-3-10-9(6-8)7-11(14)13(10)4-5-13/h2-3,6,11,14H,4-5,7H2,1H3. The number of hydrogen-bond acceptors (Lipinski definition) is 3. The van der Waals surface area contributed by atoms with Crippen LogP contribution in [0.4, 0.5) is 0 Å². The third-order valence-electron chi connectivity index (χ3n) is 3.90. The molecule has 1 N–H and O–H groups in total. The number of ether oxygens (including phenoxy) is 1. The number of benzene rings is 1. The lowest BCUT2D eigenvalue weighted by Gasteiger charge is -2.12. The number of carbonyl (C=O) groups excluding carboxylic acids is 1. The van der Waals surface area contributed by atoms with E-state index < -0.39 is 0 Å². The van der Waals surface area contributed by atoms with Gasteiger partial charge in [-0.05, 0) is 42.5 Å². The Kier molecular flexibility index (Phi) is 1.89. The van der Waals surface area contributed by atoms with Crippen molar-refractivity contribution in [1.29, 1.82) is 0 Å². The SMILES string of the molecule is COC(=O)c1ccc2c(c1)CC(O)C21CC1. The van der Waals surface area contributed by atoms with Crippen molar-refractivity contribution < 1.29 is 14.6 Å². The Morgan fingerprint density at radius 3 is 2.88 bits per heavy atom. The van der Waals surface area contributed by atoms with Gasteiger partial charge in [0.15, 0.2) is 0 Å². The van der Waals surface area contributed by atoms with Crippen LogP contribution in [0.15, 0.2) is 18.2 Å². The predicted octanol–water partition coefficient (Wildman–Crippen LogP) is 1.42. The van der Waals surface area contributed by atoms with Gasteiger partial charge in [-0.1, -0.05) is 6.07 Å². The fraction of sp³-hybridized carbons (Fsp3) is 0.462. The zero-order valence-electron chi connectivity index (χ0n) is 9.19. The number of aliphatic hydroxyl groups is 1. The van der Waals surface area contributed by atoms with Gasteiger partial charge in [0.05, 0.1) is 18.8 Å². The molecule has 3 nitrogen and oxygen atoms in total. The first kappa shape index (κ1) is 9.85. The van der Waals surface area contributed by atoms with Gasteiger partial charge in [0.1, 0.15) is 0 Å². The molecular formula is C13H14O3. The summed E-state index contributed by atoms with van der Waals surface area (Å²) in [6.45, 7) is 0. The Bertz CT molecular complexity index is 460. The molecule has 0 saturated heterocycles. The fourth-order valence-corrected chi connectivity index (χ4v) is 2.81. The number of carbonyl (C=O) groups is 1. The highest BCUT2D eigenvalue weighted by Crippen LogP contribution is 2.56. The lowest BCUT2D eigenvalue weighted by atomic mass is 9.96. The topological polar surface area (TPSA) is 46.5 Å². The van der Waals surface area contributed by atoms with Crippen LogP contribution in [0.5, 0.6) is 0 Å². The van der Waals surface area contributed by atoms with Crippen molar-refractivity contribution in [2.75, 3.05) is 7.11 Å². The molecule has 1 saturated carbocycles. The van der Waals surface area contributed by atoms with Crippen LogP contribution in [0.2, 0.25) is 0 Å². The molecule has 1 fully saturated rings. The van der Waals surface area contributed by atoms with Crippen LogP contribution in [0.25, 0.3) is 0 Å². The molecule has 2 aliphatic rings. The average Bonchev–Trinajstić information content (AvgIpc) is 3.03. The zero-order chi connectivity index (χ0) is 11.3. The summed E-state index contributed by atoms with van der Waals surface area (Å²) in [5, 5.41) is 10.0. The summed E-state index contributed by atoms with van der Waals surface area (Å²) < 4.78 is 4.69. The first-order chi connectivity index (χ1) is 7.67. The van der Waals surface area contributed by atoms with E-state index in [-0.39, 0.29) is 17.5 Å². The normalized spacial score (nSPS) is 24.2. The van der Waals surface area contributed by atoms with E-state index in [1.165, 1.54) is 12.7 Å². The number of fused-ring (bicyclic) bond motifs is 2. The molecule has 16 heavy (non-hydrogen) atoms. The number of esters is 1. The van der Waals surface area contributed by atoms with Gasteiger partial charge in [0.2, 0.25) is 0 Å². The quantitative estimate of drug-likeness (QED) is 0.725. The van der Waals surface area contributed by atoms with Crippen molar-refractivity contribution in [2.45, 2.75) is 30.8 Å². The van der Waals surface area contributed by atoms with E-state index in [2.05, 4.69) is 4.74 Å². The number of hydrogen-bond donors (Lipinski definition) is 1. The molecule has 1 aromatic carbocycles. The molecule has 1 atom stereocenters. The average molecular weight is 218 g/mol. The van der Waals surface area contributed by atoms with Crippen LogP contribution < -0.4 is 0 Å². The Balaban J connectivity index is 2.03. The molecule has 0 aliphatic heterocycles. The van der Waals surface area contributed by atoms with E-state index in [4.69, 9.17) is 0 Å². The van der Waals surface area contributed by atoms with Crippen LogP contribution in [-0.2, 0) is 16.6 Å². The Morgan fingerprint density at radius 1 is 1.50 bits per heavy atom. The van der Waals surface area contributed by atoms with Gasteiger partial charge in [0, 0.05) is 5.41 Å². The van der Waals surface area contributed by atoms with E-state index in [1.54, 1.807) is 6.07 Å². The van der Waals surface area contributed by atoms with Crippen molar-refractivity contribution in [3.05, 3.63) is 34.9 Å². The van der Waals surface area contributed by atoms with Gasteiger partial charge < -0.3 is 9.84 Å². The van der Waals surface area contributed by atoms with E-state index in [1.807, 2.05) is 12.1 Å². The highest BCUT2D eigenvalue weighted by molar-refractivity contribution is 5.89. The van der Waals surface area contributed by atoms with Crippen LogP contribution in [0.1, 0.15) is 34.3 Å². The van der Waals surface area contributed by atoms with Gasteiger partial charge in [-0.2, -0.15) is 0 Å². The molecule has 3 heteroatoms. The highest BCUT2D eigenvalue weighted by atomic mass is 16.5. The molecule has 0 bridgehead atoms. The Morgan fingerprint density at radius 2 is 2.25 bits per heavy atom. The smallest absolute Gasteiger partial charge is 0.337 e. The number of aliphatic hydroxyl groups excluding tert-OH is 1. The summed E-state index contributed by atoms with van der Waals surface area (Å²) in [7, 11) is 1.38. The van der Waals surface area contributed by atoms with Crippen molar-refractivity contribution in [1.82, 2.24) is 0 Å². The maximum atomic E-state index is 11.4. The van der Waals surface area contributed by atoms with Crippen LogP contribution >= 0.6 is 0 Å². The van der Waals surface area contributed by atoms with Crippen LogP contribution in [0.3, 0.4) is 0 Å². The minimum atomic E-state index is -0.311. The fourth-order valence-electron chi connectivity index (χ4n) is 2.81. The van der Waals surface area contributed by atoms with Crippen LogP contribution in [0, 0.1) is 0 Å². The molecule has 1 unspecified atom stereocenters. The summed E-state index contributed by atoms with van der Waals surface area (Å²) in [6, 6.07) is 5.63. The molecular weight excluding hydrogens is 204 g/mol. The Hall–Kier alpha value is -1.35. The van der Waals surface area contributed by atoms with E-state index >= 15 is 0 Å². The summed E-state index contributed by atoms with van der Waals surface area (Å²) in [5.74, 6) is -0.311. The minimum Gasteiger partial charge on any atom is -0.465 e. The molecule has 84 valence electrons. The second kappa shape index (κ2) is 3.08. The number of rotatable bonds is 1. The monoisotopic (exact) mass is 218 g/mol. The van der Waals surface area contributed by atoms with Gasteiger partial charge in [0.25, 0.3) is 0 Å². The van der Waals surface area contributed by atoms with Crippen molar-refractivity contribution >= 4 is 5.97 Å². The maximum absolute atomic E-state index is 11.4. The Labute approximate surface area is 94.0 Å². The third-order valence-corrected chi connectivity index (χ3v) is 3.90. The molecule has 2 aliphatic carbocycles. The van der Waals surface area contributed by atoms with Gasteiger partial charge >= 0.3 is 5.97 Å². The van der Waals surface area contributed by atoms with Crippen LogP contribution in [-0.4, -0.2) is 24.3 Å². The molecule has 0 amide bonds. The van der Waals surface area contributed by atoms with Crippen molar-refractivity contribution in [3.8, 4) is 0 Å². The first-order valence-electron chi connectivity index (χ1n) is 5.57. The highest BCUT2D eigenvalue weighted by Gasteiger charge is 2.54. The summed E-state index contributed by atoms with van der Waals surface area (Å²) in [5.41, 5.74) is 2.93. The van der Waals surface area contributed by atoms with E-state index in [9.17, 15) is 9.90 Å². The second-order valence-electron chi connectivity index (χ2n) is 4.74. The lowest BCUT2D eigenvalue weighted by molar-refractivity contribution is 0.0600. The largest absolute Gasteiger partial charge is 0.465 e. The summed E-state index contributed by atoms with van der Waals surface area (Å²) in [4.78, 5) is 11.4. The predicted molar refractivity (Wildman–Crippen MR) is 58.4 cm³/mol. The third kappa shape index (κ3) is 1.15. The lowest BCUT2D eigenvalue weighted by Crippen LogP contribution is -2.20. The van der Waals surface area contributed by atoms with E-state index in [0.29, 0.717) is 12.0 Å². The molecule has 0 heterocycles. The van der Waals surface area contributed by atoms with E-state index in [0.717, 1.165) is 18.4 Å². The maximum Gasteiger partial charge on any atom is 0.337 e. The van der Waals surface area contributed by atoms with Gasteiger partial charge in [-0.3, -0.25) is 0 Å². The molecule has 0 radical (unpaired) electrons. The minimum absolute atomic E-state index is 0.0178. The molecule has 1 spiro atoms. The van der Waals surface area contributed by atoms with Crippen molar-refractivity contribution in [3.63, 3.8) is 0 Å². The summed E-state index contributed by atoms with van der Waals surface area (Å²) >= 11 is 0. The van der Waals surface area contributed by atoms with Gasteiger partial charge in [-0.25, -0.2) is 4.79 Å². The molecule has 3 rings (SSSR count). The molecule has 1 aromatic rings. The second-order valence-corrected chi connectivity index (χ2v) is 4.74. The number of methoxy groups -OCH3 is 1. The first-order valence-corrected chi connectivity index (χ1v) is 5.57. The zero-order valence-corrected chi connectivity index (χ0v) is 9.19. The summed E-state index contributed by atoms with van der Waals surface area (Å²) in [6.07, 6.45) is 2.54. The molecule has 0 aromatic heterocycles.